The molecule has 0 aliphatic carbocycles. The quantitative estimate of drug-likeness (QED) is 0.617. The highest BCUT2D eigenvalue weighted by atomic mass is 35.5. The van der Waals surface area contributed by atoms with Gasteiger partial charge in [-0.2, -0.15) is 0 Å². The van der Waals surface area contributed by atoms with E-state index in [0.29, 0.717) is 16.5 Å². The Kier molecular flexibility index (Phi) is 7.61. The standard InChI is InChI=1S/C18H21ClN2O5S/c1-13-11-14(19)3-8-17(13)21-18(22)12-26-15-4-6-16(7-5-15)27(23,24)20-9-10-25-2/h3-8,11,20H,9-10,12H2,1-2H3,(H,21,22). The van der Waals surface area contributed by atoms with Gasteiger partial charge in [0.25, 0.3) is 5.91 Å². The molecule has 27 heavy (non-hydrogen) atoms. The SMILES string of the molecule is COCCNS(=O)(=O)c1ccc(OCC(=O)Nc2ccc(Cl)cc2C)cc1. The Morgan fingerprint density at radius 3 is 2.48 bits per heavy atom. The summed E-state index contributed by atoms with van der Waals surface area (Å²) >= 11 is 5.88. The van der Waals surface area contributed by atoms with Crippen LogP contribution in [0.1, 0.15) is 5.56 Å². The fourth-order valence-electron chi connectivity index (χ4n) is 2.18. The Morgan fingerprint density at radius 2 is 1.85 bits per heavy atom. The number of amides is 1. The smallest absolute Gasteiger partial charge is 0.262 e. The van der Waals surface area contributed by atoms with Crippen LogP contribution in [0.2, 0.25) is 5.02 Å². The number of sulfonamides is 1. The van der Waals surface area contributed by atoms with E-state index in [1.165, 1.54) is 31.4 Å². The fourth-order valence-corrected chi connectivity index (χ4v) is 3.42. The second kappa shape index (κ2) is 9.70. The zero-order chi connectivity index (χ0) is 19.9. The van der Waals surface area contributed by atoms with Gasteiger partial charge in [-0.3, -0.25) is 4.79 Å². The predicted octanol–water partition coefficient (Wildman–Crippen LogP) is 2.59. The van der Waals surface area contributed by atoms with Crippen LogP contribution >= 0.6 is 11.6 Å². The number of anilines is 1. The molecule has 9 heteroatoms. The zero-order valence-electron chi connectivity index (χ0n) is 15.0. The highest BCUT2D eigenvalue weighted by molar-refractivity contribution is 7.89. The minimum Gasteiger partial charge on any atom is -0.484 e. The number of aryl methyl sites for hydroxylation is 1. The first-order valence-corrected chi connectivity index (χ1v) is 9.95. The molecule has 146 valence electrons. The number of rotatable bonds is 9. The van der Waals surface area contributed by atoms with E-state index in [-0.39, 0.29) is 30.6 Å². The minimum atomic E-state index is -3.61. The van der Waals surface area contributed by atoms with Crippen molar-refractivity contribution < 1.29 is 22.7 Å². The van der Waals surface area contributed by atoms with Crippen LogP contribution in [-0.4, -0.2) is 41.2 Å². The number of hydrogen-bond acceptors (Lipinski definition) is 5. The van der Waals surface area contributed by atoms with Crippen LogP contribution in [0, 0.1) is 6.92 Å². The highest BCUT2D eigenvalue weighted by Gasteiger charge is 2.13. The van der Waals surface area contributed by atoms with E-state index in [1.54, 1.807) is 18.2 Å². The van der Waals surface area contributed by atoms with Crippen molar-refractivity contribution in [3.63, 3.8) is 0 Å². The average Bonchev–Trinajstić information content (AvgIpc) is 2.63. The van der Waals surface area contributed by atoms with E-state index in [2.05, 4.69) is 10.0 Å². The Balaban J connectivity index is 1.90. The number of carbonyl (C=O) groups excluding carboxylic acids is 1. The van der Waals surface area contributed by atoms with Crippen molar-refractivity contribution >= 4 is 33.2 Å². The van der Waals surface area contributed by atoms with Gasteiger partial charge >= 0.3 is 0 Å². The summed E-state index contributed by atoms with van der Waals surface area (Å²) in [6.07, 6.45) is 0. The van der Waals surface area contributed by atoms with E-state index in [4.69, 9.17) is 21.1 Å². The van der Waals surface area contributed by atoms with Gasteiger partial charge in [0.05, 0.1) is 11.5 Å². The van der Waals surface area contributed by atoms with Crippen molar-refractivity contribution in [1.82, 2.24) is 4.72 Å². The van der Waals surface area contributed by atoms with Gasteiger partial charge in [-0.15, -0.1) is 0 Å². The van der Waals surface area contributed by atoms with Crippen molar-refractivity contribution in [2.24, 2.45) is 0 Å². The van der Waals surface area contributed by atoms with Crippen molar-refractivity contribution in [3.8, 4) is 5.75 Å². The maximum Gasteiger partial charge on any atom is 0.262 e. The third kappa shape index (κ3) is 6.51. The minimum absolute atomic E-state index is 0.104. The lowest BCUT2D eigenvalue weighted by Crippen LogP contribution is -2.27. The van der Waals surface area contributed by atoms with Crippen LogP contribution in [0.25, 0.3) is 0 Å². The molecule has 0 bridgehead atoms. The lowest BCUT2D eigenvalue weighted by atomic mass is 10.2. The first-order valence-electron chi connectivity index (χ1n) is 8.09. The van der Waals surface area contributed by atoms with Crippen LogP contribution in [0.4, 0.5) is 5.69 Å². The van der Waals surface area contributed by atoms with Crippen molar-refractivity contribution in [2.45, 2.75) is 11.8 Å². The number of hydrogen-bond donors (Lipinski definition) is 2. The van der Waals surface area contributed by atoms with Gasteiger partial charge in [0, 0.05) is 24.4 Å². The van der Waals surface area contributed by atoms with Crippen molar-refractivity contribution in [2.75, 3.05) is 32.2 Å². The second-order valence-corrected chi connectivity index (χ2v) is 7.86. The van der Waals surface area contributed by atoms with Crippen molar-refractivity contribution in [3.05, 3.63) is 53.1 Å². The zero-order valence-corrected chi connectivity index (χ0v) is 16.6. The molecule has 7 nitrogen and oxygen atoms in total. The molecular formula is C18H21ClN2O5S. The van der Waals surface area contributed by atoms with E-state index < -0.39 is 10.0 Å². The summed E-state index contributed by atoms with van der Waals surface area (Å²) in [5, 5.41) is 3.32. The monoisotopic (exact) mass is 412 g/mol. The molecule has 0 saturated heterocycles. The molecule has 0 fully saturated rings. The number of ether oxygens (including phenoxy) is 2. The molecule has 2 rings (SSSR count). The molecule has 0 saturated carbocycles. The average molecular weight is 413 g/mol. The third-order valence-electron chi connectivity index (χ3n) is 3.56. The molecule has 0 atom stereocenters. The van der Waals surface area contributed by atoms with Gasteiger partial charge in [0.15, 0.2) is 6.61 Å². The molecule has 0 aromatic heterocycles. The third-order valence-corrected chi connectivity index (χ3v) is 5.28. The summed E-state index contributed by atoms with van der Waals surface area (Å²) in [5.41, 5.74) is 1.49. The van der Waals surface area contributed by atoms with E-state index in [9.17, 15) is 13.2 Å². The Hall–Kier alpha value is -2.13. The first-order chi connectivity index (χ1) is 12.8. The number of nitrogens with one attached hydrogen (secondary N) is 2. The van der Waals surface area contributed by atoms with E-state index >= 15 is 0 Å². The van der Waals surface area contributed by atoms with Crippen LogP contribution < -0.4 is 14.8 Å². The van der Waals surface area contributed by atoms with Gasteiger partial charge in [0.2, 0.25) is 10.0 Å². The lowest BCUT2D eigenvalue weighted by molar-refractivity contribution is -0.118. The summed E-state index contributed by atoms with van der Waals surface area (Å²) in [6, 6.07) is 10.9. The maximum atomic E-state index is 12.1. The van der Waals surface area contributed by atoms with Gasteiger partial charge in [0.1, 0.15) is 5.75 Å². The summed E-state index contributed by atoms with van der Waals surface area (Å²) in [4.78, 5) is 12.1. The summed E-state index contributed by atoms with van der Waals surface area (Å²) < 4.78 is 36.7. The molecule has 2 aromatic rings. The Morgan fingerprint density at radius 1 is 1.15 bits per heavy atom. The lowest BCUT2D eigenvalue weighted by Gasteiger charge is -2.10. The number of methoxy groups -OCH3 is 1. The fraction of sp³-hybridized carbons (Fsp3) is 0.278. The van der Waals surface area contributed by atoms with Gasteiger partial charge in [-0.1, -0.05) is 11.6 Å². The van der Waals surface area contributed by atoms with Crippen LogP contribution in [0.15, 0.2) is 47.4 Å². The van der Waals surface area contributed by atoms with E-state index in [1.807, 2.05) is 6.92 Å². The highest BCUT2D eigenvalue weighted by Crippen LogP contribution is 2.20. The van der Waals surface area contributed by atoms with Gasteiger partial charge < -0.3 is 14.8 Å². The van der Waals surface area contributed by atoms with E-state index in [0.717, 1.165) is 5.56 Å². The van der Waals surface area contributed by atoms with Crippen LogP contribution in [0.3, 0.4) is 0 Å². The Bertz CT molecular complexity index is 885. The van der Waals surface area contributed by atoms with Gasteiger partial charge in [-0.05, 0) is 55.0 Å². The summed E-state index contributed by atoms with van der Waals surface area (Å²) in [6.45, 7) is 2.09. The molecule has 2 aromatic carbocycles. The molecule has 0 radical (unpaired) electrons. The second-order valence-electron chi connectivity index (χ2n) is 5.66. The molecule has 0 aliphatic rings. The van der Waals surface area contributed by atoms with Crippen LogP contribution in [0.5, 0.6) is 5.75 Å². The molecular weight excluding hydrogens is 392 g/mol. The molecule has 1 amide bonds. The molecule has 0 unspecified atom stereocenters. The molecule has 0 spiro atoms. The molecule has 0 heterocycles. The summed E-state index contributed by atoms with van der Waals surface area (Å²) in [7, 11) is -2.11. The van der Waals surface area contributed by atoms with Gasteiger partial charge in [-0.25, -0.2) is 13.1 Å². The number of halogens is 1. The number of carbonyl (C=O) groups is 1. The van der Waals surface area contributed by atoms with Crippen molar-refractivity contribution in [1.29, 1.82) is 0 Å². The number of benzene rings is 2. The first kappa shape index (κ1) is 21.2. The maximum absolute atomic E-state index is 12.1. The summed E-state index contributed by atoms with van der Waals surface area (Å²) in [5.74, 6) is 0.0483. The largest absolute Gasteiger partial charge is 0.484 e. The molecule has 2 N–H and O–H groups in total. The predicted molar refractivity (Wildman–Crippen MR) is 104 cm³/mol. The topological polar surface area (TPSA) is 93.7 Å². The van der Waals surface area contributed by atoms with Crippen LogP contribution in [-0.2, 0) is 19.6 Å². The normalized spacial score (nSPS) is 11.2. The molecule has 0 aliphatic heterocycles. The Labute approximate surface area is 163 Å².